The quantitative estimate of drug-likeness (QED) is 0.625. The molecular weight excluding hydrogens is 417 g/mol. The summed E-state index contributed by atoms with van der Waals surface area (Å²) in [5.74, 6) is -2.67. The second-order valence-electron chi connectivity index (χ2n) is 6.30. The molecule has 0 spiro atoms. The minimum Gasteiger partial charge on any atom is -0.462 e. The Labute approximate surface area is 174 Å². The van der Waals surface area contributed by atoms with E-state index in [-0.39, 0.29) is 44.7 Å². The van der Waals surface area contributed by atoms with Crippen LogP contribution >= 0.6 is 22.9 Å². The lowest BCUT2D eigenvalue weighted by Gasteiger charge is -2.29. The number of carbonyl (C=O) groups is 1. The van der Waals surface area contributed by atoms with Gasteiger partial charge < -0.3 is 15.2 Å². The molecule has 2 N–H and O–H groups in total. The van der Waals surface area contributed by atoms with Gasteiger partial charge in [-0.05, 0) is 31.2 Å². The standard InChI is InChI=1S/C21H15ClFNO4S/c1-2-27-20(25)17-15(14-11(22)7-5-8-12(14)23)16-18(28-19(17)24)10-6-3-4-9-13(10)29-21(16)26/h3-9,15H,2,24H2,1H3/t15-/m0/s1. The Morgan fingerprint density at radius 3 is 2.72 bits per heavy atom. The maximum atomic E-state index is 14.9. The maximum Gasteiger partial charge on any atom is 0.340 e. The number of ether oxygens (including phenoxy) is 2. The van der Waals surface area contributed by atoms with Gasteiger partial charge in [0.05, 0.1) is 18.1 Å². The predicted octanol–water partition coefficient (Wildman–Crippen LogP) is 4.31. The molecule has 1 aliphatic heterocycles. The smallest absolute Gasteiger partial charge is 0.340 e. The van der Waals surface area contributed by atoms with Crippen molar-refractivity contribution in [3.63, 3.8) is 0 Å². The molecule has 5 nitrogen and oxygen atoms in total. The SMILES string of the molecule is CCOC(=O)C1=C(N)Oc2c(c(=O)sc3ccccc23)[C@@H]1c1c(F)cccc1Cl. The summed E-state index contributed by atoms with van der Waals surface area (Å²) in [5, 5.41) is 0.699. The van der Waals surface area contributed by atoms with E-state index in [1.807, 2.05) is 0 Å². The number of benzene rings is 2. The van der Waals surface area contributed by atoms with Crippen molar-refractivity contribution in [1.29, 1.82) is 0 Å². The van der Waals surface area contributed by atoms with Crippen LogP contribution in [0.5, 0.6) is 5.75 Å². The van der Waals surface area contributed by atoms with Gasteiger partial charge in [0.25, 0.3) is 0 Å². The van der Waals surface area contributed by atoms with E-state index >= 15 is 0 Å². The van der Waals surface area contributed by atoms with Crippen LogP contribution in [0.2, 0.25) is 5.02 Å². The molecule has 0 unspecified atom stereocenters. The number of carbonyl (C=O) groups excluding carboxylic acids is 1. The summed E-state index contributed by atoms with van der Waals surface area (Å²) in [6, 6.07) is 11.3. The Kier molecular flexibility index (Phi) is 5.02. The molecule has 1 aliphatic rings. The van der Waals surface area contributed by atoms with E-state index in [4.69, 9.17) is 26.8 Å². The molecule has 0 aliphatic carbocycles. The normalized spacial score (nSPS) is 15.8. The van der Waals surface area contributed by atoms with Crippen molar-refractivity contribution in [3.05, 3.63) is 85.4 Å². The van der Waals surface area contributed by atoms with Crippen LogP contribution in [0.25, 0.3) is 10.1 Å². The summed E-state index contributed by atoms with van der Waals surface area (Å²) in [4.78, 5) is 25.8. The first-order chi connectivity index (χ1) is 13.9. The lowest BCUT2D eigenvalue weighted by molar-refractivity contribution is -0.139. The predicted molar refractivity (Wildman–Crippen MR) is 110 cm³/mol. The number of rotatable bonds is 3. The van der Waals surface area contributed by atoms with Crippen molar-refractivity contribution in [2.24, 2.45) is 5.73 Å². The molecule has 1 aromatic heterocycles. The van der Waals surface area contributed by atoms with E-state index in [2.05, 4.69) is 0 Å². The highest BCUT2D eigenvalue weighted by Crippen LogP contribution is 2.47. The van der Waals surface area contributed by atoms with E-state index < -0.39 is 17.7 Å². The van der Waals surface area contributed by atoms with Gasteiger partial charge in [-0.25, -0.2) is 9.18 Å². The van der Waals surface area contributed by atoms with Gasteiger partial charge in [0.2, 0.25) is 10.6 Å². The minimum atomic E-state index is -1.15. The molecule has 4 rings (SSSR count). The molecule has 2 aromatic carbocycles. The fourth-order valence-corrected chi connectivity index (χ4v) is 4.66. The first-order valence-electron chi connectivity index (χ1n) is 8.78. The molecule has 0 amide bonds. The van der Waals surface area contributed by atoms with Crippen LogP contribution in [-0.2, 0) is 9.53 Å². The van der Waals surface area contributed by atoms with Crippen molar-refractivity contribution in [2.45, 2.75) is 12.8 Å². The molecule has 0 radical (unpaired) electrons. The van der Waals surface area contributed by atoms with Crippen molar-refractivity contribution in [2.75, 3.05) is 6.61 Å². The number of esters is 1. The number of nitrogens with two attached hydrogens (primary N) is 1. The highest BCUT2D eigenvalue weighted by molar-refractivity contribution is 7.16. The summed E-state index contributed by atoms with van der Waals surface area (Å²) in [6.45, 7) is 1.71. The number of hydrogen-bond acceptors (Lipinski definition) is 6. The molecule has 1 atom stereocenters. The summed E-state index contributed by atoms with van der Waals surface area (Å²) in [6.07, 6.45) is 0. The third-order valence-corrected chi connectivity index (χ3v) is 5.95. The van der Waals surface area contributed by atoms with Gasteiger partial charge in [0.1, 0.15) is 17.1 Å². The number of halogens is 2. The Morgan fingerprint density at radius 2 is 2.00 bits per heavy atom. The number of hydrogen-bond donors (Lipinski definition) is 1. The van der Waals surface area contributed by atoms with Crippen LogP contribution in [0.3, 0.4) is 0 Å². The first kappa shape index (κ1) is 19.4. The molecule has 2 heterocycles. The molecule has 3 aromatic rings. The molecular formula is C21H15ClFNO4S. The van der Waals surface area contributed by atoms with Crippen molar-refractivity contribution in [1.82, 2.24) is 0 Å². The molecule has 0 saturated carbocycles. The summed E-state index contributed by atoms with van der Waals surface area (Å²) >= 11 is 7.28. The molecule has 8 heteroatoms. The Morgan fingerprint density at radius 1 is 1.24 bits per heavy atom. The fraction of sp³-hybridized carbons (Fsp3) is 0.143. The Balaban J connectivity index is 2.10. The zero-order valence-corrected chi connectivity index (χ0v) is 16.8. The van der Waals surface area contributed by atoms with Crippen LogP contribution in [0.15, 0.2) is 58.7 Å². The second kappa shape index (κ2) is 7.50. The lowest BCUT2D eigenvalue weighted by Crippen LogP contribution is -2.31. The molecule has 0 saturated heterocycles. The molecule has 148 valence electrons. The topological polar surface area (TPSA) is 78.6 Å². The van der Waals surface area contributed by atoms with Crippen molar-refractivity contribution >= 4 is 39.0 Å². The first-order valence-corrected chi connectivity index (χ1v) is 9.97. The van der Waals surface area contributed by atoms with Gasteiger partial charge in [0.15, 0.2) is 0 Å². The number of fused-ring (bicyclic) bond motifs is 3. The minimum absolute atomic E-state index is 0.0238. The van der Waals surface area contributed by atoms with Crippen LogP contribution in [0.1, 0.15) is 24.0 Å². The Hall–Kier alpha value is -2.90. The van der Waals surface area contributed by atoms with Crippen LogP contribution in [0.4, 0.5) is 4.39 Å². The van der Waals surface area contributed by atoms with Gasteiger partial charge >= 0.3 is 5.97 Å². The van der Waals surface area contributed by atoms with Crippen LogP contribution < -0.4 is 15.2 Å². The monoisotopic (exact) mass is 431 g/mol. The average Bonchev–Trinajstić information content (AvgIpc) is 2.67. The average molecular weight is 432 g/mol. The highest BCUT2D eigenvalue weighted by atomic mass is 35.5. The zero-order valence-electron chi connectivity index (χ0n) is 15.2. The summed E-state index contributed by atoms with van der Waals surface area (Å²) < 4.78 is 26.0. The van der Waals surface area contributed by atoms with Crippen LogP contribution in [0, 0.1) is 5.82 Å². The maximum absolute atomic E-state index is 14.9. The van der Waals surface area contributed by atoms with E-state index in [0.717, 1.165) is 11.3 Å². The zero-order chi connectivity index (χ0) is 20.7. The van der Waals surface area contributed by atoms with Crippen molar-refractivity contribution < 1.29 is 18.7 Å². The van der Waals surface area contributed by atoms with Gasteiger partial charge in [-0.3, -0.25) is 4.79 Å². The third-order valence-electron chi connectivity index (χ3n) is 4.64. The lowest BCUT2D eigenvalue weighted by atomic mass is 9.83. The largest absolute Gasteiger partial charge is 0.462 e. The third kappa shape index (κ3) is 3.16. The summed E-state index contributed by atoms with van der Waals surface area (Å²) in [7, 11) is 0. The molecule has 0 bridgehead atoms. The second-order valence-corrected chi connectivity index (χ2v) is 7.72. The summed E-state index contributed by atoms with van der Waals surface area (Å²) in [5.41, 5.74) is 6.02. The van der Waals surface area contributed by atoms with Gasteiger partial charge in [-0.15, -0.1) is 0 Å². The van der Waals surface area contributed by atoms with Gasteiger partial charge in [-0.1, -0.05) is 41.1 Å². The molecule has 29 heavy (non-hydrogen) atoms. The van der Waals surface area contributed by atoms with E-state index in [1.165, 1.54) is 18.2 Å². The van der Waals surface area contributed by atoms with Crippen LogP contribution in [-0.4, -0.2) is 12.6 Å². The highest BCUT2D eigenvalue weighted by Gasteiger charge is 2.40. The van der Waals surface area contributed by atoms with E-state index in [9.17, 15) is 14.0 Å². The van der Waals surface area contributed by atoms with E-state index in [1.54, 1.807) is 31.2 Å². The molecule has 0 fully saturated rings. The van der Waals surface area contributed by atoms with E-state index in [0.29, 0.717) is 10.1 Å². The Bertz CT molecular complexity index is 1220. The fourth-order valence-electron chi connectivity index (χ4n) is 3.45. The van der Waals surface area contributed by atoms with Crippen molar-refractivity contribution in [3.8, 4) is 5.75 Å². The van der Waals surface area contributed by atoms with Gasteiger partial charge in [0, 0.05) is 20.7 Å². The van der Waals surface area contributed by atoms with Gasteiger partial charge in [-0.2, -0.15) is 0 Å².